The number of anilines is 1. The van der Waals surface area contributed by atoms with Gasteiger partial charge in [0.2, 0.25) is 0 Å². The van der Waals surface area contributed by atoms with Crippen LogP contribution < -0.4 is 10.1 Å². The predicted molar refractivity (Wildman–Crippen MR) is 78.4 cm³/mol. The number of hydrogen-bond acceptors (Lipinski definition) is 3. The van der Waals surface area contributed by atoms with E-state index in [2.05, 4.69) is 5.32 Å². The Morgan fingerprint density at radius 2 is 2.00 bits per heavy atom. The average Bonchev–Trinajstić information content (AvgIpc) is 2.53. The van der Waals surface area contributed by atoms with Crippen LogP contribution in [0.2, 0.25) is 0 Å². The second-order valence-electron chi connectivity index (χ2n) is 4.13. The monoisotopic (exact) mass is 258 g/mol. The molecule has 2 rings (SSSR count). The highest BCUT2D eigenvalue weighted by Gasteiger charge is 2.00. The van der Waals surface area contributed by atoms with Crippen LogP contribution in [0.3, 0.4) is 0 Å². The van der Waals surface area contributed by atoms with Gasteiger partial charge in [0.15, 0.2) is 0 Å². The van der Waals surface area contributed by atoms with Gasteiger partial charge in [0.1, 0.15) is 11.5 Å². The summed E-state index contributed by atoms with van der Waals surface area (Å²) in [6, 6.07) is 8.26. The topological polar surface area (TPSA) is 30.5 Å². The second kappa shape index (κ2) is 6.69. The maximum Gasteiger partial charge on any atom is 0.119 e. The minimum absolute atomic E-state index is 0.502. The summed E-state index contributed by atoms with van der Waals surface area (Å²) in [7, 11) is 3.30. The van der Waals surface area contributed by atoms with E-state index in [1.165, 1.54) is 0 Å². The van der Waals surface area contributed by atoms with Gasteiger partial charge < -0.3 is 14.8 Å². The zero-order chi connectivity index (χ0) is 14.4. The van der Waals surface area contributed by atoms with E-state index in [1.807, 2.05) is 42.5 Å². The first-order valence-electron chi connectivity index (χ1n) is 6.71. The van der Waals surface area contributed by atoms with Crippen molar-refractivity contribution in [2.45, 2.75) is 6.42 Å². The van der Waals surface area contributed by atoms with Crippen LogP contribution in [0.25, 0.3) is 0 Å². The van der Waals surface area contributed by atoms with E-state index in [-0.39, 0.29) is 0 Å². The molecule has 0 fully saturated rings. The molecule has 0 aliphatic heterocycles. The van der Waals surface area contributed by atoms with E-state index in [0.29, 0.717) is 12.6 Å². The normalized spacial score (nSPS) is 17.4. The van der Waals surface area contributed by atoms with E-state index in [1.54, 1.807) is 14.2 Å². The smallest absolute Gasteiger partial charge is 0.119 e. The minimum Gasteiger partial charge on any atom is -0.497 e. The lowest BCUT2D eigenvalue weighted by Crippen LogP contribution is -2.00. The number of ether oxygens (including phenoxy) is 2. The van der Waals surface area contributed by atoms with Gasteiger partial charge in [-0.25, -0.2) is 0 Å². The van der Waals surface area contributed by atoms with Gasteiger partial charge >= 0.3 is 0 Å². The van der Waals surface area contributed by atoms with Crippen LogP contribution >= 0.6 is 0 Å². The lowest BCUT2D eigenvalue weighted by Gasteiger charge is -2.09. The van der Waals surface area contributed by atoms with Crippen molar-refractivity contribution in [3.8, 4) is 5.75 Å². The van der Waals surface area contributed by atoms with Crippen molar-refractivity contribution in [3.05, 3.63) is 59.9 Å². The Bertz CT molecular complexity index is 544. The lowest BCUT2D eigenvalue weighted by molar-refractivity contribution is 0.304. The fraction of sp³-hybridized carbons (Fsp3) is 0.250. The van der Waals surface area contributed by atoms with Gasteiger partial charge in [-0.1, -0.05) is 12.1 Å². The molecule has 1 aromatic rings. The number of allylic oxidation sites excluding steroid dienone is 4. The molecule has 0 atom stereocenters. The molecule has 100 valence electrons. The van der Waals surface area contributed by atoms with E-state index < -0.39 is 0 Å². The summed E-state index contributed by atoms with van der Waals surface area (Å²) in [4.78, 5) is 0. The Hall–Kier alpha value is -2.16. The molecule has 0 amide bonds. The molecule has 1 aliphatic rings. The highest BCUT2D eigenvalue weighted by atomic mass is 16.5. The van der Waals surface area contributed by atoms with Gasteiger partial charge in [-0.3, -0.25) is 0 Å². The summed E-state index contributed by atoms with van der Waals surface area (Å²) < 4.78 is 18.3. The van der Waals surface area contributed by atoms with Gasteiger partial charge in [0.05, 0.1) is 15.6 Å². The molecule has 1 aromatic carbocycles. The Labute approximate surface area is 115 Å². The Kier molecular flexibility index (Phi) is 4.19. The number of nitrogens with one attached hydrogen (secondary N) is 1. The summed E-state index contributed by atoms with van der Waals surface area (Å²) in [5, 5.41) is 3.23. The number of methoxy groups -OCH3 is 2. The van der Waals surface area contributed by atoms with Crippen LogP contribution in [0.4, 0.5) is 5.69 Å². The molecule has 0 radical (unpaired) electrons. The first kappa shape index (κ1) is 11.9. The molecule has 19 heavy (non-hydrogen) atoms. The van der Waals surface area contributed by atoms with E-state index in [9.17, 15) is 0 Å². The van der Waals surface area contributed by atoms with Crippen LogP contribution in [0, 0.1) is 0 Å². The molecule has 0 saturated heterocycles. The van der Waals surface area contributed by atoms with E-state index >= 15 is 0 Å². The zero-order valence-electron chi connectivity index (χ0n) is 12.3. The molecule has 0 heterocycles. The third-order valence-corrected chi connectivity index (χ3v) is 2.91. The molecular weight excluding hydrogens is 238 g/mol. The predicted octanol–water partition coefficient (Wildman–Crippen LogP) is 3.52. The molecule has 1 N–H and O–H groups in total. The summed E-state index contributed by atoms with van der Waals surface area (Å²) in [5.74, 6) is 1.68. The summed E-state index contributed by atoms with van der Waals surface area (Å²) >= 11 is 0. The fourth-order valence-corrected chi connectivity index (χ4v) is 1.78. The van der Waals surface area contributed by atoms with Crippen molar-refractivity contribution in [3.63, 3.8) is 0 Å². The third kappa shape index (κ3) is 3.91. The van der Waals surface area contributed by atoms with Crippen molar-refractivity contribution in [1.82, 2.24) is 0 Å². The lowest BCUT2D eigenvalue weighted by atomic mass is 10.1. The van der Waals surface area contributed by atoms with Gasteiger partial charge in [0, 0.05) is 12.2 Å². The van der Waals surface area contributed by atoms with E-state index in [0.717, 1.165) is 29.2 Å². The standard InChI is InChI=1S/C16H19NO2/c1-18-15-7-3-13(4-8-15)11-12-17-14-5-9-16(19-2)10-6-14/h3,5-11,17H,4,12H2,1-2H3/b13-11+/i11D. The zero-order valence-corrected chi connectivity index (χ0v) is 11.3. The SMILES string of the molecule is [2H]/C(CNc1ccc(OC)cc1)=C1/C=CC(OC)=CC1. The molecule has 3 heteroatoms. The van der Waals surface area contributed by atoms with E-state index in [4.69, 9.17) is 10.8 Å². The van der Waals surface area contributed by atoms with Gasteiger partial charge in [-0.05, 0) is 48.4 Å². The van der Waals surface area contributed by atoms with Crippen molar-refractivity contribution >= 4 is 5.69 Å². The van der Waals surface area contributed by atoms with Crippen molar-refractivity contribution in [2.24, 2.45) is 0 Å². The van der Waals surface area contributed by atoms with Gasteiger partial charge in [-0.15, -0.1) is 0 Å². The second-order valence-corrected chi connectivity index (χ2v) is 4.13. The van der Waals surface area contributed by atoms with Gasteiger partial charge in [0.25, 0.3) is 0 Å². The first-order valence-corrected chi connectivity index (χ1v) is 6.21. The van der Waals surface area contributed by atoms with Crippen LogP contribution in [0.15, 0.2) is 59.9 Å². The third-order valence-electron chi connectivity index (χ3n) is 2.91. The average molecular weight is 258 g/mol. The Morgan fingerprint density at radius 3 is 2.58 bits per heavy atom. The largest absolute Gasteiger partial charge is 0.497 e. The summed E-state index contributed by atoms with van der Waals surface area (Å²) in [6.45, 7) is 0.502. The van der Waals surface area contributed by atoms with Crippen LogP contribution in [-0.4, -0.2) is 20.8 Å². The van der Waals surface area contributed by atoms with Crippen LogP contribution in [0.1, 0.15) is 7.79 Å². The Balaban J connectivity index is 1.93. The first-order chi connectivity index (χ1) is 9.72. The summed E-state index contributed by atoms with van der Waals surface area (Å²) in [6.07, 6.45) is 6.55. The highest BCUT2D eigenvalue weighted by Crippen LogP contribution is 2.17. The molecule has 1 aliphatic carbocycles. The molecule has 0 saturated carbocycles. The van der Waals surface area contributed by atoms with Crippen LogP contribution in [-0.2, 0) is 4.74 Å². The maximum atomic E-state index is 8.09. The number of hydrogen-bond donors (Lipinski definition) is 1. The molecule has 0 bridgehead atoms. The van der Waals surface area contributed by atoms with Crippen molar-refractivity contribution < 1.29 is 10.8 Å². The molecule has 3 nitrogen and oxygen atoms in total. The van der Waals surface area contributed by atoms with Crippen molar-refractivity contribution in [2.75, 3.05) is 26.1 Å². The molecule has 0 unspecified atom stereocenters. The maximum absolute atomic E-state index is 8.09. The number of rotatable bonds is 5. The quantitative estimate of drug-likeness (QED) is 0.876. The number of benzene rings is 1. The summed E-state index contributed by atoms with van der Waals surface area (Å²) in [5.41, 5.74) is 1.98. The Morgan fingerprint density at radius 1 is 1.21 bits per heavy atom. The minimum atomic E-state index is 0.502. The van der Waals surface area contributed by atoms with Crippen molar-refractivity contribution in [1.29, 1.82) is 0 Å². The molecule has 0 spiro atoms. The molecule has 0 aromatic heterocycles. The fourth-order valence-electron chi connectivity index (χ4n) is 1.78. The van der Waals surface area contributed by atoms with Crippen LogP contribution in [0.5, 0.6) is 5.75 Å². The van der Waals surface area contributed by atoms with Gasteiger partial charge in [-0.2, -0.15) is 0 Å². The molecular formula is C16H19NO2. The highest BCUT2D eigenvalue weighted by molar-refractivity contribution is 5.47.